The molecule has 4 N–H and O–H groups in total. The normalized spacial score (nSPS) is 12.4. The molecule has 7 heteroatoms. The van der Waals surface area contributed by atoms with Crippen LogP contribution in [0.5, 0.6) is 0 Å². The zero-order valence-electron chi connectivity index (χ0n) is 8.07. The molecule has 0 aliphatic rings. The Morgan fingerprint density at radius 3 is 2.88 bits per heavy atom. The Labute approximate surface area is 102 Å². The fourth-order valence-corrected chi connectivity index (χ4v) is 1.63. The summed E-state index contributed by atoms with van der Waals surface area (Å²) < 4.78 is 4.84. The molecule has 88 valence electrons. The monoisotopic (exact) mass is 264 g/mol. The first-order chi connectivity index (χ1) is 7.11. The third kappa shape index (κ3) is 2.22. The Morgan fingerprint density at radius 2 is 2.25 bits per heavy atom. The second kappa shape index (κ2) is 4.88. The molecular formula is C9H10Cl2N2O3. The molecular weight excluding hydrogens is 255 g/mol. The molecule has 0 fully saturated rings. The lowest BCUT2D eigenvalue weighted by Crippen LogP contribution is -2.11. The summed E-state index contributed by atoms with van der Waals surface area (Å²) in [7, 11) is 0. The molecule has 1 aromatic carbocycles. The number of aromatic amines is 1. The standard InChI is InChI=1S/C9H9ClN2O3.ClH/c10-5-1-4(6(13)3-11)2-7-8(5)12-9(14)15-7;/h1-2,6,13H,3,11H2,(H,12,14);1H/t6-;/m1./s1. The second-order valence-corrected chi connectivity index (χ2v) is 3.55. The number of oxazole rings is 1. The van der Waals surface area contributed by atoms with Crippen LogP contribution in [0.2, 0.25) is 5.02 Å². The van der Waals surface area contributed by atoms with Crippen LogP contribution in [0, 0.1) is 0 Å². The van der Waals surface area contributed by atoms with E-state index in [1.165, 1.54) is 6.07 Å². The van der Waals surface area contributed by atoms with Crippen molar-refractivity contribution in [3.05, 3.63) is 33.3 Å². The van der Waals surface area contributed by atoms with E-state index >= 15 is 0 Å². The van der Waals surface area contributed by atoms with Gasteiger partial charge in [0.2, 0.25) is 0 Å². The number of aromatic nitrogens is 1. The summed E-state index contributed by atoms with van der Waals surface area (Å²) in [6, 6.07) is 3.09. The number of halogens is 2. The number of H-pyrrole nitrogens is 1. The maximum Gasteiger partial charge on any atom is 0.417 e. The topological polar surface area (TPSA) is 92.2 Å². The Hall–Kier alpha value is -1.01. The van der Waals surface area contributed by atoms with Gasteiger partial charge in [0.05, 0.1) is 11.1 Å². The molecule has 1 atom stereocenters. The number of nitrogens with two attached hydrogens (primary N) is 1. The fourth-order valence-electron chi connectivity index (χ4n) is 1.36. The van der Waals surface area contributed by atoms with E-state index in [0.29, 0.717) is 21.7 Å². The number of nitrogens with one attached hydrogen (secondary N) is 1. The van der Waals surface area contributed by atoms with E-state index in [0.717, 1.165) is 0 Å². The number of aliphatic hydroxyl groups excluding tert-OH is 1. The largest absolute Gasteiger partial charge is 0.417 e. The Bertz CT molecular complexity index is 549. The summed E-state index contributed by atoms with van der Waals surface area (Å²) in [5, 5.41) is 9.83. The number of fused-ring (bicyclic) bond motifs is 1. The van der Waals surface area contributed by atoms with E-state index in [9.17, 15) is 9.90 Å². The van der Waals surface area contributed by atoms with E-state index in [4.69, 9.17) is 21.8 Å². The third-order valence-corrected chi connectivity index (χ3v) is 2.41. The Balaban J connectivity index is 0.00000128. The maximum atomic E-state index is 10.9. The number of benzene rings is 1. The lowest BCUT2D eigenvalue weighted by Gasteiger charge is -2.07. The molecule has 0 radical (unpaired) electrons. The molecule has 0 bridgehead atoms. The van der Waals surface area contributed by atoms with Crippen molar-refractivity contribution in [3.63, 3.8) is 0 Å². The van der Waals surface area contributed by atoms with Gasteiger partial charge in [-0.05, 0) is 17.7 Å². The molecule has 0 saturated heterocycles. The summed E-state index contributed by atoms with van der Waals surface area (Å²) in [5.74, 6) is -0.578. The molecule has 1 heterocycles. The van der Waals surface area contributed by atoms with Gasteiger partial charge in [-0.1, -0.05) is 11.6 Å². The minimum Gasteiger partial charge on any atom is -0.408 e. The molecule has 0 unspecified atom stereocenters. The number of hydrogen-bond acceptors (Lipinski definition) is 4. The van der Waals surface area contributed by atoms with Gasteiger partial charge in [-0.3, -0.25) is 4.98 Å². The van der Waals surface area contributed by atoms with Crippen LogP contribution in [-0.4, -0.2) is 16.6 Å². The highest BCUT2D eigenvalue weighted by atomic mass is 35.5. The lowest BCUT2D eigenvalue weighted by atomic mass is 10.1. The van der Waals surface area contributed by atoms with Crippen molar-refractivity contribution < 1.29 is 9.52 Å². The summed E-state index contributed by atoms with van der Waals surface area (Å²) in [4.78, 5) is 13.4. The first-order valence-electron chi connectivity index (χ1n) is 4.32. The Kier molecular flexibility index (Phi) is 3.98. The van der Waals surface area contributed by atoms with E-state index in [2.05, 4.69) is 4.98 Å². The van der Waals surface area contributed by atoms with Crippen molar-refractivity contribution in [2.24, 2.45) is 5.73 Å². The van der Waals surface area contributed by atoms with E-state index in [-0.39, 0.29) is 19.0 Å². The third-order valence-electron chi connectivity index (χ3n) is 2.11. The predicted octanol–water partition coefficient (Wildman–Crippen LogP) is 1.19. The smallest absolute Gasteiger partial charge is 0.408 e. The van der Waals surface area contributed by atoms with Crippen molar-refractivity contribution in [2.75, 3.05) is 6.54 Å². The van der Waals surface area contributed by atoms with Crippen LogP contribution in [0.25, 0.3) is 11.1 Å². The van der Waals surface area contributed by atoms with Crippen molar-refractivity contribution in [1.29, 1.82) is 0 Å². The van der Waals surface area contributed by atoms with E-state index < -0.39 is 11.9 Å². The zero-order valence-corrected chi connectivity index (χ0v) is 9.64. The molecule has 0 aliphatic heterocycles. The van der Waals surface area contributed by atoms with Crippen LogP contribution in [0.15, 0.2) is 21.3 Å². The molecule has 0 saturated carbocycles. The van der Waals surface area contributed by atoms with Crippen molar-refractivity contribution in [1.82, 2.24) is 4.98 Å². The van der Waals surface area contributed by atoms with Crippen LogP contribution in [0.1, 0.15) is 11.7 Å². The highest BCUT2D eigenvalue weighted by Gasteiger charge is 2.12. The van der Waals surface area contributed by atoms with Crippen LogP contribution < -0.4 is 11.5 Å². The van der Waals surface area contributed by atoms with Crippen LogP contribution >= 0.6 is 24.0 Å². The molecule has 5 nitrogen and oxygen atoms in total. The summed E-state index contributed by atoms with van der Waals surface area (Å²) in [6.45, 7) is 0.0799. The molecule has 16 heavy (non-hydrogen) atoms. The zero-order chi connectivity index (χ0) is 11.0. The van der Waals surface area contributed by atoms with Gasteiger partial charge in [0.15, 0.2) is 5.58 Å². The maximum absolute atomic E-state index is 10.9. The summed E-state index contributed by atoms with van der Waals surface area (Å²) in [5.41, 5.74) is 6.58. The Morgan fingerprint density at radius 1 is 1.56 bits per heavy atom. The molecule has 2 aromatic rings. The molecule has 2 rings (SSSR count). The number of aliphatic hydroxyl groups is 1. The predicted molar refractivity (Wildman–Crippen MR) is 63.1 cm³/mol. The highest BCUT2D eigenvalue weighted by molar-refractivity contribution is 6.34. The minimum atomic E-state index is -0.813. The van der Waals surface area contributed by atoms with Gasteiger partial charge in [-0.25, -0.2) is 4.79 Å². The van der Waals surface area contributed by atoms with Crippen molar-refractivity contribution in [2.45, 2.75) is 6.10 Å². The molecule has 0 amide bonds. The van der Waals surface area contributed by atoms with Gasteiger partial charge < -0.3 is 15.3 Å². The first-order valence-corrected chi connectivity index (χ1v) is 4.70. The minimum absolute atomic E-state index is 0. The number of hydrogen-bond donors (Lipinski definition) is 3. The van der Waals surface area contributed by atoms with Gasteiger partial charge >= 0.3 is 5.76 Å². The average Bonchev–Trinajstić information content (AvgIpc) is 2.58. The second-order valence-electron chi connectivity index (χ2n) is 3.14. The molecule has 0 spiro atoms. The van der Waals surface area contributed by atoms with Gasteiger partial charge in [-0.2, -0.15) is 0 Å². The number of rotatable bonds is 2. The molecule has 0 aliphatic carbocycles. The lowest BCUT2D eigenvalue weighted by molar-refractivity contribution is 0.187. The molecule has 1 aromatic heterocycles. The average molecular weight is 265 g/mol. The highest BCUT2D eigenvalue weighted by Crippen LogP contribution is 2.25. The first kappa shape index (κ1) is 13.1. The quantitative estimate of drug-likeness (QED) is 0.760. The van der Waals surface area contributed by atoms with Crippen molar-refractivity contribution >= 4 is 35.1 Å². The van der Waals surface area contributed by atoms with Gasteiger partial charge in [0.1, 0.15) is 5.52 Å². The van der Waals surface area contributed by atoms with Crippen LogP contribution in [0.4, 0.5) is 0 Å². The summed E-state index contributed by atoms with van der Waals surface area (Å²) in [6.07, 6.45) is -0.813. The van der Waals surface area contributed by atoms with Gasteiger partial charge in [0.25, 0.3) is 0 Å². The fraction of sp³-hybridized carbons (Fsp3) is 0.222. The van der Waals surface area contributed by atoms with E-state index in [1.54, 1.807) is 6.07 Å². The summed E-state index contributed by atoms with van der Waals surface area (Å²) >= 11 is 5.89. The van der Waals surface area contributed by atoms with E-state index in [1.807, 2.05) is 0 Å². The van der Waals surface area contributed by atoms with Gasteiger partial charge in [-0.15, -0.1) is 12.4 Å². The van der Waals surface area contributed by atoms with Gasteiger partial charge in [0, 0.05) is 6.54 Å². The van der Waals surface area contributed by atoms with Crippen LogP contribution in [0.3, 0.4) is 0 Å². The SMILES string of the molecule is Cl.NC[C@@H](O)c1cc(Cl)c2[nH]c(=O)oc2c1. The van der Waals surface area contributed by atoms with Crippen LogP contribution in [-0.2, 0) is 0 Å². The van der Waals surface area contributed by atoms with Crippen molar-refractivity contribution in [3.8, 4) is 0 Å².